The number of rotatable bonds is 7. The first-order valence-electron chi connectivity index (χ1n) is 13.0. The van der Waals surface area contributed by atoms with Crippen LogP contribution < -0.4 is 10.0 Å². The molecule has 4 heterocycles. The molecule has 2 aliphatic rings. The van der Waals surface area contributed by atoms with Crippen LogP contribution in [0.3, 0.4) is 0 Å². The van der Waals surface area contributed by atoms with Gasteiger partial charge in [0.05, 0.1) is 11.6 Å². The highest BCUT2D eigenvalue weighted by Gasteiger charge is 2.39. The fraction of sp³-hybridized carbons (Fsp3) is 0.296. The van der Waals surface area contributed by atoms with Gasteiger partial charge in [-0.3, -0.25) is 9.59 Å². The minimum atomic E-state index is -3.89. The number of carbonyl (C=O) groups excluding carboxylic acids is 2. The lowest BCUT2D eigenvalue weighted by Crippen LogP contribution is -2.57. The standard InChI is InChI=1S/C27H25ClN6O5S2/c28-19-5-4-17-11-25(40-23(17)12-19)41(38,39)32-9-10-33(21(16-32)13-24(35)31-20-6-7-20)27(36)26-29-14-18(15-30-26)22-3-1-2-8-34(22)37/h1-5,8,11-12,14-15,20-21H,6-7,9-10,13,16H2,(H,31,35). The first-order chi connectivity index (χ1) is 19.7. The number of fused-ring (bicyclic) bond motifs is 1. The zero-order chi connectivity index (χ0) is 28.7. The number of nitrogens with zero attached hydrogens (tertiary/aromatic N) is 5. The number of pyridine rings is 1. The van der Waals surface area contributed by atoms with Gasteiger partial charge < -0.3 is 15.4 Å². The number of benzene rings is 1. The number of thiophene rings is 1. The van der Waals surface area contributed by atoms with Crippen molar-refractivity contribution in [3.05, 3.63) is 77.1 Å². The van der Waals surface area contributed by atoms with Crippen LogP contribution in [0.5, 0.6) is 0 Å². The summed E-state index contributed by atoms with van der Waals surface area (Å²) in [5.74, 6) is -0.865. The molecule has 1 aromatic carbocycles. The molecule has 1 N–H and O–H groups in total. The summed E-state index contributed by atoms with van der Waals surface area (Å²) >= 11 is 7.22. The molecule has 6 rings (SSSR count). The number of carbonyl (C=O) groups is 2. The molecule has 11 nitrogen and oxygen atoms in total. The van der Waals surface area contributed by atoms with E-state index in [1.54, 1.807) is 42.5 Å². The van der Waals surface area contributed by atoms with Crippen LogP contribution in [0.1, 0.15) is 29.9 Å². The van der Waals surface area contributed by atoms with Crippen LogP contribution in [-0.2, 0) is 14.8 Å². The van der Waals surface area contributed by atoms with Gasteiger partial charge in [-0.05, 0) is 42.5 Å². The number of nitrogens with one attached hydrogen (secondary N) is 1. The van der Waals surface area contributed by atoms with Crippen LogP contribution in [0, 0.1) is 5.21 Å². The summed E-state index contributed by atoms with van der Waals surface area (Å²) in [7, 11) is -3.89. The monoisotopic (exact) mass is 612 g/mol. The number of hydrogen-bond acceptors (Lipinski definition) is 8. The van der Waals surface area contributed by atoms with Gasteiger partial charge in [0.1, 0.15) is 4.21 Å². The lowest BCUT2D eigenvalue weighted by atomic mass is 10.1. The third kappa shape index (κ3) is 5.75. The summed E-state index contributed by atoms with van der Waals surface area (Å²) in [5, 5.41) is 16.3. The van der Waals surface area contributed by atoms with Gasteiger partial charge in [-0.1, -0.05) is 17.7 Å². The minimum Gasteiger partial charge on any atom is -0.618 e. The summed E-state index contributed by atoms with van der Waals surface area (Å²) in [5.41, 5.74) is 0.779. The summed E-state index contributed by atoms with van der Waals surface area (Å²) in [6.45, 7) is 0.0437. The van der Waals surface area contributed by atoms with Crippen molar-refractivity contribution in [2.24, 2.45) is 0 Å². The normalized spacial score (nSPS) is 18.0. The molecular formula is C27H25ClN6O5S2. The molecule has 212 valence electrons. The molecule has 0 bridgehead atoms. The molecule has 1 aliphatic carbocycles. The fourth-order valence-electron chi connectivity index (χ4n) is 4.80. The molecular weight excluding hydrogens is 588 g/mol. The summed E-state index contributed by atoms with van der Waals surface area (Å²) in [6.07, 6.45) is 5.89. The molecule has 41 heavy (non-hydrogen) atoms. The first-order valence-corrected chi connectivity index (χ1v) is 15.6. The summed E-state index contributed by atoms with van der Waals surface area (Å²) in [6, 6.07) is 11.1. The van der Waals surface area contributed by atoms with E-state index in [2.05, 4.69) is 15.3 Å². The van der Waals surface area contributed by atoms with Crippen LogP contribution >= 0.6 is 22.9 Å². The summed E-state index contributed by atoms with van der Waals surface area (Å²) in [4.78, 5) is 36.2. The molecule has 1 saturated heterocycles. The maximum atomic E-state index is 13.7. The lowest BCUT2D eigenvalue weighted by Gasteiger charge is -2.40. The summed E-state index contributed by atoms with van der Waals surface area (Å²) < 4.78 is 30.2. The molecule has 1 atom stereocenters. The molecule has 2 amide bonds. The van der Waals surface area contributed by atoms with E-state index < -0.39 is 22.0 Å². The second-order valence-corrected chi connectivity index (χ2v) is 13.7. The van der Waals surface area contributed by atoms with E-state index in [1.807, 2.05) is 0 Å². The fourth-order valence-corrected chi connectivity index (χ4v) is 8.10. The molecule has 4 aromatic rings. The zero-order valence-corrected chi connectivity index (χ0v) is 24.0. The van der Waals surface area contributed by atoms with Crippen LogP contribution in [0.2, 0.25) is 5.02 Å². The number of hydrogen-bond donors (Lipinski definition) is 1. The average Bonchev–Trinajstić information content (AvgIpc) is 3.67. The van der Waals surface area contributed by atoms with Gasteiger partial charge in [-0.25, -0.2) is 18.4 Å². The third-order valence-corrected chi connectivity index (χ3v) is 10.7. The van der Waals surface area contributed by atoms with E-state index in [4.69, 9.17) is 11.6 Å². The van der Waals surface area contributed by atoms with Crippen molar-refractivity contribution in [2.45, 2.75) is 35.6 Å². The van der Waals surface area contributed by atoms with E-state index in [0.29, 0.717) is 21.0 Å². The Balaban J connectivity index is 1.24. The maximum absolute atomic E-state index is 13.7. The van der Waals surface area contributed by atoms with Gasteiger partial charge in [-0.15, -0.1) is 11.3 Å². The quantitative estimate of drug-likeness (QED) is 0.250. The Bertz CT molecular complexity index is 1740. The Morgan fingerprint density at radius 3 is 2.63 bits per heavy atom. The van der Waals surface area contributed by atoms with Crippen LogP contribution in [0.15, 0.2) is 65.3 Å². The molecule has 14 heteroatoms. The first kappa shape index (κ1) is 27.5. The molecule has 2 fully saturated rings. The lowest BCUT2D eigenvalue weighted by molar-refractivity contribution is -0.593. The Morgan fingerprint density at radius 2 is 1.90 bits per heavy atom. The van der Waals surface area contributed by atoms with Gasteiger partial charge in [0.15, 0.2) is 6.20 Å². The SMILES string of the molecule is O=C(CC1CN(S(=O)(=O)c2cc3ccc(Cl)cc3s2)CCN1C(=O)c1ncc(-c2cccc[n+]2[O-])cn1)NC1CC1. The molecule has 0 spiro atoms. The zero-order valence-electron chi connectivity index (χ0n) is 21.6. The highest BCUT2D eigenvalue weighted by molar-refractivity contribution is 7.91. The second kappa shape index (κ2) is 11.0. The Kier molecular flexibility index (Phi) is 7.36. The van der Waals surface area contributed by atoms with Crippen LogP contribution in [0.4, 0.5) is 0 Å². The smallest absolute Gasteiger partial charge is 0.292 e. The van der Waals surface area contributed by atoms with Gasteiger partial charge in [-0.2, -0.15) is 9.04 Å². The highest BCUT2D eigenvalue weighted by Crippen LogP contribution is 2.34. The van der Waals surface area contributed by atoms with E-state index in [9.17, 15) is 23.2 Å². The number of aromatic nitrogens is 3. The predicted molar refractivity (Wildman–Crippen MR) is 153 cm³/mol. The molecule has 0 radical (unpaired) electrons. The van der Waals surface area contributed by atoms with E-state index in [1.165, 1.54) is 27.8 Å². The van der Waals surface area contributed by atoms with Crippen molar-refractivity contribution >= 4 is 54.9 Å². The largest absolute Gasteiger partial charge is 0.618 e. The van der Waals surface area contributed by atoms with Crippen molar-refractivity contribution in [3.63, 3.8) is 0 Å². The van der Waals surface area contributed by atoms with Crippen LogP contribution in [0.25, 0.3) is 21.3 Å². The van der Waals surface area contributed by atoms with Crippen molar-refractivity contribution in [1.82, 2.24) is 24.5 Å². The van der Waals surface area contributed by atoms with Gasteiger partial charge in [0, 0.05) is 66.3 Å². The number of amides is 2. The van der Waals surface area contributed by atoms with Gasteiger partial charge in [0.2, 0.25) is 17.4 Å². The average molecular weight is 613 g/mol. The number of halogens is 1. The topological polar surface area (TPSA) is 140 Å². The Labute approximate surface area is 245 Å². The number of piperazine rings is 1. The maximum Gasteiger partial charge on any atom is 0.292 e. The van der Waals surface area contributed by atoms with E-state index >= 15 is 0 Å². The highest BCUT2D eigenvalue weighted by atomic mass is 35.5. The van der Waals surface area contributed by atoms with E-state index in [0.717, 1.165) is 34.3 Å². The molecule has 3 aromatic heterocycles. The van der Waals surface area contributed by atoms with Crippen molar-refractivity contribution in [2.75, 3.05) is 19.6 Å². The number of sulfonamides is 1. The Morgan fingerprint density at radius 1 is 1.12 bits per heavy atom. The van der Waals surface area contributed by atoms with Gasteiger partial charge >= 0.3 is 0 Å². The van der Waals surface area contributed by atoms with E-state index in [-0.39, 0.29) is 48.0 Å². The van der Waals surface area contributed by atoms with Crippen LogP contribution in [-0.4, -0.2) is 71.1 Å². The second-order valence-electron chi connectivity index (χ2n) is 10.0. The van der Waals surface area contributed by atoms with Gasteiger partial charge in [0.25, 0.3) is 15.9 Å². The molecule has 1 aliphatic heterocycles. The van der Waals surface area contributed by atoms with Crippen molar-refractivity contribution < 1.29 is 22.7 Å². The molecule has 1 saturated carbocycles. The predicted octanol–water partition coefficient (Wildman–Crippen LogP) is 2.83. The molecule has 1 unspecified atom stereocenters. The van der Waals surface area contributed by atoms with Crippen molar-refractivity contribution in [1.29, 1.82) is 0 Å². The third-order valence-electron chi connectivity index (χ3n) is 7.09. The van der Waals surface area contributed by atoms with Crippen molar-refractivity contribution in [3.8, 4) is 11.3 Å². The minimum absolute atomic E-state index is 0.0437. The Hall–Kier alpha value is -3.65.